The van der Waals surface area contributed by atoms with Gasteiger partial charge in [0.2, 0.25) is 11.8 Å². The number of hydrogen-bond donors (Lipinski definition) is 0. The van der Waals surface area contributed by atoms with E-state index in [4.69, 9.17) is 24.4 Å². The molecule has 11 aromatic rings. The second-order valence-corrected chi connectivity index (χ2v) is 14.5. The Morgan fingerprint density at radius 2 is 1.21 bits per heavy atom. The zero-order valence-corrected chi connectivity index (χ0v) is 30.1. The first-order valence-electron chi connectivity index (χ1n) is 19.0. The van der Waals surface area contributed by atoms with Gasteiger partial charge in [-0.15, -0.1) is 0 Å². The van der Waals surface area contributed by atoms with Gasteiger partial charge in [-0.05, 0) is 74.5 Å². The van der Waals surface area contributed by atoms with E-state index in [0.29, 0.717) is 23.5 Å². The molecular weight excluding hydrogens is 687 g/mol. The van der Waals surface area contributed by atoms with Gasteiger partial charge in [-0.3, -0.25) is 4.57 Å². The Morgan fingerprint density at radius 1 is 0.500 bits per heavy atom. The fraction of sp³-hybridized carbons (Fsp3) is 0.0400. The molecule has 56 heavy (non-hydrogen) atoms. The summed E-state index contributed by atoms with van der Waals surface area (Å²) in [6.07, 6.45) is 0.747. The van der Waals surface area contributed by atoms with Crippen molar-refractivity contribution in [3.63, 3.8) is 0 Å². The minimum Gasteiger partial charge on any atom is -0.440 e. The molecule has 1 aliphatic rings. The molecule has 0 spiro atoms. The van der Waals surface area contributed by atoms with E-state index in [1.54, 1.807) is 0 Å². The fourth-order valence-electron chi connectivity index (χ4n) is 8.95. The van der Waals surface area contributed by atoms with Crippen molar-refractivity contribution >= 4 is 54.5 Å². The molecule has 0 radical (unpaired) electrons. The van der Waals surface area contributed by atoms with Gasteiger partial charge in [-0.2, -0.15) is 9.97 Å². The molecule has 3 heterocycles. The van der Waals surface area contributed by atoms with Gasteiger partial charge < -0.3 is 4.42 Å². The number of oxazole rings is 1. The van der Waals surface area contributed by atoms with Crippen molar-refractivity contribution in [3.05, 3.63) is 187 Å². The number of hydrogen-bond acceptors (Lipinski definition) is 5. The lowest BCUT2D eigenvalue weighted by atomic mass is 9.77. The summed E-state index contributed by atoms with van der Waals surface area (Å²) in [7, 11) is 0. The van der Waals surface area contributed by atoms with E-state index in [1.807, 2.05) is 42.5 Å². The second kappa shape index (κ2) is 12.0. The Balaban J connectivity index is 1.21. The predicted molar refractivity (Wildman–Crippen MR) is 225 cm³/mol. The van der Waals surface area contributed by atoms with E-state index in [0.717, 1.165) is 77.7 Å². The smallest absolute Gasteiger partial charge is 0.238 e. The van der Waals surface area contributed by atoms with E-state index in [2.05, 4.69) is 132 Å². The van der Waals surface area contributed by atoms with Crippen LogP contribution in [0.5, 0.6) is 0 Å². The van der Waals surface area contributed by atoms with Gasteiger partial charge in [-0.1, -0.05) is 146 Å². The fourth-order valence-corrected chi connectivity index (χ4v) is 8.95. The van der Waals surface area contributed by atoms with Crippen LogP contribution in [0.4, 0.5) is 0 Å². The molecule has 6 nitrogen and oxygen atoms in total. The summed E-state index contributed by atoms with van der Waals surface area (Å²) in [5.74, 6) is 2.33. The van der Waals surface area contributed by atoms with E-state index in [1.165, 1.54) is 16.5 Å². The van der Waals surface area contributed by atoms with Crippen molar-refractivity contribution in [3.8, 4) is 39.9 Å². The molecule has 1 unspecified atom stereocenters. The highest BCUT2D eigenvalue weighted by atomic mass is 16.3. The summed E-state index contributed by atoms with van der Waals surface area (Å²) in [5.41, 5.74) is 10.4. The maximum absolute atomic E-state index is 6.62. The molecule has 8 aromatic carbocycles. The van der Waals surface area contributed by atoms with Gasteiger partial charge in [-0.25, -0.2) is 9.97 Å². The third kappa shape index (κ3) is 4.62. The number of fused-ring (bicyclic) bond motifs is 11. The molecule has 0 aliphatic heterocycles. The van der Waals surface area contributed by atoms with E-state index in [-0.39, 0.29) is 5.92 Å². The van der Waals surface area contributed by atoms with Crippen molar-refractivity contribution in [2.45, 2.75) is 12.3 Å². The first-order valence-corrected chi connectivity index (χ1v) is 19.0. The summed E-state index contributed by atoms with van der Waals surface area (Å²) in [4.78, 5) is 21.2. The summed E-state index contributed by atoms with van der Waals surface area (Å²) < 4.78 is 8.87. The molecule has 1 aliphatic carbocycles. The van der Waals surface area contributed by atoms with Crippen molar-refractivity contribution in [2.24, 2.45) is 0 Å². The third-order valence-electron chi connectivity index (χ3n) is 11.4. The Bertz CT molecular complexity index is 3330. The monoisotopic (exact) mass is 717 g/mol. The lowest BCUT2D eigenvalue weighted by Crippen LogP contribution is -2.15. The number of aromatic nitrogens is 5. The average Bonchev–Trinajstić information content (AvgIpc) is 3.86. The van der Waals surface area contributed by atoms with Crippen molar-refractivity contribution in [1.29, 1.82) is 0 Å². The number of para-hydroxylation sites is 3. The molecule has 0 saturated heterocycles. The van der Waals surface area contributed by atoms with Gasteiger partial charge >= 0.3 is 0 Å². The van der Waals surface area contributed by atoms with E-state index in [9.17, 15) is 0 Å². The van der Waals surface area contributed by atoms with Gasteiger partial charge in [0.1, 0.15) is 5.52 Å². The Hall–Kier alpha value is -7.44. The second-order valence-electron chi connectivity index (χ2n) is 14.5. The van der Waals surface area contributed by atoms with E-state index < -0.39 is 0 Å². The first kappa shape index (κ1) is 31.0. The topological polar surface area (TPSA) is 69.6 Å². The average molecular weight is 718 g/mol. The zero-order valence-electron chi connectivity index (χ0n) is 30.1. The first-order chi connectivity index (χ1) is 27.8. The minimum atomic E-state index is -0.154. The maximum atomic E-state index is 6.62. The molecule has 0 bridgehead atoms. The van der Waals surface area contributed by atoms with Crippen molar-refractivity contribution in [1.82, 2.24) is 24.5 Å². The van der Waals surface area contributed by atoms with Crippen LogP contribution in [-0.4, -0.2) is 24.5 Å². The van der Waals surface area contributed by atoms with Gasteiger partial charge in [0.25, 0.3) is 0 Å². The number of benzene rings is 8. The van der Waals surface area contributed by atoms with Crippen molar-refractivity contribution in [2.75, 3.05) is 0 Å². The highest BCUT2D eigenvalue weighted by Crippen LogP contribution is 2.48. The van der Waals surface area contributed by atoms with Crippen LogP contribution in [0.2, 0.25) is 0 Å². The minimum absolute atomic E-state index is 0.154. The molecule has 0 N–H and O–H groups in total. The normalized spacial score (nSPS) is 13.8. The summed E-state index contributed by atoms with van der Waals surface area (Å²) in [6.45, 7) is 0. The molecule has 0 saturated carbocycles. The molecule has 0 fully saturated rings. The lowest BCUT2D eigenvalue weighted by Gasteiger charge is -2.27. The number of rotatable bonds is 4. The zero-order chi connectivity index (χ0) is 36.7. The Labute approximate surface area is 321 Å². The van der Waals surface area contributed by atoms with Gasteiger partial charge in [0.05, 0.1) is 17.0 Å². The van der Waals surface area contributed by atoms with Crippen LogP contribution in [0.25, 0.3) is 94.3 Å². The molecule has 1 atom stereocenters. The highest BCUT2D eigenvalue weighted by molar-refractivity contribution is 6.14. The molecule has 6 heteroatoms. The van der Waals surface area contributed by atoms with Crippen molar-refractivity contribution < 1.29 is 4.42 Å². The summed E-state index contributed by atoms with van der Waals surface area (Å²) >= 11 is 0. The van der Waals surface area contributed by atoms with Crippen LogP contribution in [0.3, 0.4) is 0 Å². The SMILES string of the molecule is c1ccc(-c2nc(-c3cc4ccccc4c4ccccc34)nc(-n3c4ccccc4c4ccc5c(c43)C(c3nc4ccccc4o3)Cc3ccccc3-5)n2)cc1. The molecule has 12 rings (SSSR count). The maximum Gasteiger partial charge on any atom is 0.238 e. The summed E-state index contributed by atoms with van der Waals surface area (Å²) in [6, 6.07) is 59.3. The van der Waals surface area contributed by atoms with Crippen LogP contribution in [0.1, 0.15) is 22.9 Å². The molecule has 0 amide bonds. The largest absolute Gasteiger partial charge is 0.440 e. The van der Waals surface area contributed by atoms with E-state index >= 15 is 0 Å². The molecule has 262 valence electrons. The molecular formula is C50H31N5O. The highest BCUT2D eigenvalue weighted by Gasteiger charge is 2.34. The van der Waals surface area contributed by atoms with Crippen LogP contribution < -0.4 is 0 Å². The van der Waals surface area contributed by atoms with Crippen LogP contribution in [-0.2, 0) is 6.42 Å². The standard InChI is InChI=1S/C50H31N5O/c1-2-14-30(15-3-1)47-52-48(40-28-31-16-4-6-18-33(31)35-20-8-9-21-36(35)40)54-50(53-47)55-43-24-12-10-22-37(43)39-27-26-38-34-19-7-5-17-32(34)29-41(45(38)46(39)55)49-51-42-23-11-13-25-44(42)56-49/h1-28,41H,29H2. The van der Waals surface area contributed by atoms with Gasteiger partial charge in [0.15, 0.2) is 17.2 Å². The Morgan fingerprint density at radius 3 is 2.11 bits per heavy atom. The van der Waals surface area contributed by atoms with Crippen LogP contribution in [0, 0.1) is 0 Å². The third-order valence-corrected chi connectivity index (χ3v) is 11.4. The lowest BCUT2D eigenvalue weighted by molar-refractivity contribution is 0.497. The van der Waals surface area contributed by atoms with Gasteiger partial charge in [0, 0.05) is 21.9 Å². The number of nitrogens with zero attached hydrogens (tertiary/aromatic N) is 5. The Kier molecular flexibility index (Phi) is 6.65. The predicted octanol–water partition coefficient (Wildman–Crippen LogP) is 12.1. The van der Waals surface area contributed by atoms with Crippen LogP contribution in [0.15, 0.2) is 174 Å². The molecule has 3 aromatic heterocycles. The van der Waals surface area contributed by atoms with Crippen LogP contribution >= 0.6 is 0 Å². The summed E-state index contributed by atoms with van der Waals surface area (Å²) in [5, 5.41) is 6.84. The quantitative estimate of drug-likeness (QED) is 0.170.